The van der Waals surface area contributed by atoms with E-state index in [9.17, 15) is 27.7 Å². The molecule has 2 atom stereocenters. The third-order valence-electron chi connectivity index (χ3n) is 5.51. The lowest BCUT2D eigenvalue weighted by molar-refractivity contribution is -0.385. The molecule has 170 valence electrons. The van der Waals surface area contributed by atoms with E-state index in [0.717, 1.165) is 22.5 Å². The minimum atomic E-state index is -4.15. The average Bonchev–Trinajstić information content (AvgIpc) is 2.72. The SMILES string of the molecule is COCCOCN=C1NC2(c3cc([N+](=O)[O-])ccc3F)CCC(=O)CC2S(=O)(=O)N1C. The molecule has 0 radical (unpaired) electrons. The van der Waals surface area contributed by atoms with E-state index in [1.165, 1.54) is 14.2 Å². The number of methoxy groups -OCH3 is 1. The van der Waals surface area contributed by atoms with Crippen LogP contribution >= 0.6 is 0 Å². The highest BCUT2D eigenvalue weighted by atomic mass is 32.2. The van der Waals surface area contributed by atoms with E-state index in [2.05, 4.69) is 10.3 Å². The number of benzene rings is 1. The first-order valence-electron chi connectivity index (χ1n) is 9.46. The van der Waals surface area contributed by atoms with Gasteiger partial charge in [-0.1, -0.05) is 0 Å². The Morgan fingerprint density at radius 2 is 2.16 bits per heavy atom. The standard InChI is InChI=1S/C18H23FN4O7S/c1-22-17(20-11-30-8-7-29-2)21-18(6-5-13(24)10-16(18)31(22,27)28)14-9-12(23(25)26)3-4-15(14)19/h3-4,9,16H,5-8,10-11H2,1-2H3,(H,20,21). The fraction of sp³-hybridized carbons (Fsp3) is 0.556. The normalized spacial score (nSPS) is 26.4. The molecule has 1 aliphatic carbocycles. The second kappa shape index (κ2) is 8.85. The number of hydrogen-bond donors (Lipinski definition) is 1. The molecule has 2 unspecified atom stereocenters. The summed E-state index contributed by atoms with van der Waals surface area (Å²) < 4.78 is 52.5. The number of nitrogens with one attached hydrogen (secondary N) is 1. The Bertz CT molecular complexity index is 1020. The number of nitrogens with zero attached hydrogens (tertiary/aromatic N) is 3. The fourth-order valence-corrected chi connectivity index (χ4v) is 5.80. The van der Waals surface area contributed by atoms with E-state index < -0.39 is 31.6 Å². The van der Waals surface area contributed by atoms with Crippen LogP contribution in [0.15, 0.2) is 23.2 Å². The molecule has 2 aliphatic rings. The third-order valence-corrected chi connectivity index (χ3v) is 7.74. The maximum Gasteiger partial charge on any atom is 0.269 e. The Kier molecular flexibility index (Phi) is 6.57. The van der Waals surface area contributed by atoms with Crippen molar-refractivity contribution in [2.45, 2.75) is 30.1 Å². The van der Waals surface area contributed by atoms with Crippen LogP contribution in [0.5, 0.6) is 0 Å². The van der Waals surface area contributed by atoms with Gasteiger partial charge in [0.25, 0.3) is 5.69 Å². The molecular formula is C18H23FN4O7S. The number of rotatable bonds is 7. The van der Waals surface area contributed by atoms with Gasteiger partial charge < -0.3 is 14.8 Å². The number of guanidine groups is 1. The van der Waals surface area contributed by atoms with Gasteiger partial charge in [-0.25, -0.2) is 22.1 Å². The number of aliphatic imine (C=N–C) groups is 1. The Labute approximate surface area is 178 Å². The van der Waals surface area contributed by atoms with Crippen molar-refractivity contribution in [1.29, 1.82) is 0 Å². The van der Waals surface area contributed by atoms with Crippen LogP contribution in [0.3, 0.4) is 0 Å². The molecule has 0 bridgehead atoms. The molecule has 2 fully saturated rings. The number of ketones is 1. The van der Waals surface area contributed by atoms with Crippen LogP contribution in [0.25, 0.3) is 0 Å². The highest BCUT2D eigenvalue weighted by Crippen LogP contribution is 2.45. The van der Waals surface area contributed by atoms with Crippen LogP contribution < -0.4 is 5.32 Å². The molecule has 11 nitrogen and oxygen atoms in total. The summed E-state index contributed by atoms with van der Waals surface area (Å²) in [6.07, 6.45) is -0.423. The minimum Gasteiger partial charge on any atom is -0.382 e. The van der Waals surface area contributed by atoms with Crippen LogP contribution in [0.1, 0.15) is 24.8 Å². The highest BCUT2D eigenvalue weighted by molar-refractivity contribution is 7.90. The maximum absolute atomic E-state index is 14.9. The lowest BCUT2D eigenvalue weighted by atomic mass is 9.75. The van der Waals surface area contributed by atoms with Crippen LogP contribution in [-0.2, 0) is 29.8 Å². The molecule has 0 amide bonds. The van der Waals surface area contributed by atoms with Crippen molar-refractivity contribution in [2.24, 2.45) is 4.99 Å². The number of sulfonamides is 1. The number of non-ortho nitro benzene ring substituents is 1. The first-order valence-corrected chi connectivity index (χ1v) is 11.0. The maximum atomic E-state index is 14.9. The van der Waals surface area contributed by atoms with Crippen LogP contribution in [0.2, 0.25) is 0 Å². The van der Waals surface area contributed by atoms with E-state index in [1.54, 1.807) is 0 Å². The Hall–Kier alpha value is -2.64. The molecular weight excluding hydrogens is 435 g/mol. The number of carbonyl (C=O) groups excluding carboxylic acids is 1. The van der Waals surface area contributed by atoms with Crippen molar-refractivity contribution in [3.63, 3.8) is 0 Å². The molecule has 1 aromatic carbocycles. The number of nitro groups is 1. The van der Waals surface area contributed by atoms with E-state index in [-0.39, 0.29) is 55.6 Å². The zero-order chi connectivity index (χ0) is 22.8. The Balaban J connectivity index is 2.10. The zero-order valence-electron chi connectivity index (χ0n) is 17.0. The molecule has 1 saturated heterocycles. The quantitative estimate of drug-likeness (QED) is 0.361. The molecule has 1 N–H and O–H groups in total. The van der Waals surface area contributed by atoms with Crippen molar-refractivity contribution in [2.75, 3.05) is 34.1 Å². The number of fused-ring (bicyclic) bond motifs is 1. The molecule has 1 aromatic rings. The molecule has 31 heavy (non-hydrogen) atoms. The van der Waals surface area contributed by atoms with Crippen molar-refractivity contribution in [1.82, 2.24) is 9.62 Å². The number of hydrogen-bond acceptors (Lipinski definition) is 8. The molecule has 13 heteroatoms. The first-order chi connectivity index (χ1) is 14.6. The topological polar surface area (TPSA) is 140 Å². The predicted molar refractivity (Wildman–Crippen MR) is 107 cm³/mol. The average molecular weight is 458 g/mol. The van der Waals surface area contributed by atoms with Gasteiger partial charge in [-0.15, -0.1) is 0 Å². The second-order valence-electron chi connectivity index (χ2n) is 7.27. The van der Waals surface area contributed by atoms with Gasteiger partial charge in [-0.2, -0.15) is 0 Å². The van der Waals surface area contributed by atoms with Gasteiger partial charge in [0.05, 0.1) is 23.7 Å². The summed E-state index contributed by atoms with van der Waals surface area (Å²) in [4.78, 5) is 26.8. The number of nitro benzene ring substituents is 1. The summed E-state index contributed by atoms with van der Waals surface area (Å²) >= 11 is 0. The molecule has 0 aromatic heterocycles. The highest BCUT2D eigenvalue weighted by Gasteiger charge is 2.58. The third kappa shape index (κ3) is 4.25. The monoisotopic (exact) mass is 458 g/mol. The van der Waals surface area contributed by atoms with Gasteiger partial charge in [0.15, 0.2) is 0 Å². The molecule has 1 saturated carbocycles. The lowest BCUT2D eigenvalue weighted by Gasteiger charge is -2.50. The number of Topliss-reactive ketones (excluding diaryl/α,β-unsaturated/α-hetero) is 1. The van der Waals surface area contributed by atoms with Crippen molar-refractivity contribution < 1.29 is 32.0 Å². The minimum absolute atomic E-state index is 0.0114. The largest absolute Gasteiger partial charge is 0.382 e. The summed E-state index contributed by atoms with van der Waals surface area (Å²) in [5.74, 6) is -1.20. The molecule has 3 rings (SSSR count). The number of ether oxygens (including phenoxy) is 2. The summed E-state index contributed by atoms with van der Waals surface area (Å²) in [7, 11) is -1.38. The van der Waals surface area contributed by atoms with Crippen LogP contribution in [0.4, 0.5) is 10.1 Å². The fourth-order valence-electron chi connectivity index (χ4n) is 3.87. The van der Waals surface area contributed by atoms with Gasteiger partial charge in [-0.05, 0) is 12.5 Å². The zero-order valence-corrected chi connectivity index (χ0v) is 17.9. The van der Waals surface area contributed by atoms with E-state index >= 15 is 0 Å². The predicted octanol–water partition coefficient (Wildman–Crippen LogP) is 0.892. The molecule has 1 aliphatic heterocycles. The number of halogens is 1. The van der Waals surface area contributed by atoms with Gasteiger partial charge in [0.1, 0.15) is 23.6 Å². The number of carbonyl (C=O) groups is 1. The first kappa shape index (κ1) is 23.0. The summed E-state index contributed by atoms with van der Waals surface area (Å²) in [6, 6.07) is 2.94. The smallest absolute Gasteiger partial charge is 0.269 e. The van der Waals surface area contributed by atoms with Crippen LogP contribution in [0, 0.1) is 15.9 Å². The lowest BCUT2D eigenvalue weighted by Crippen LogP contribution is -2.69. The van der Waals surface area contributed by atoms with Gasteiger partial charge in [-0.3, -0.25) is 14.9 Å². The summed E-state index contributed by atoms with van der Waals surface area (Å²) in [6.45, 7) is 0.355. The Morgan fingerprint density at radius 1 is 1.42 bits per heavy atom. The van der Waals surface area contributed by atoms with Crippen molar-refractivity contribution >= 4 is 27.5 Å². The van der Waals surface area contributed by atoms with Crippen molar-refractivity contribution in [3.8, 4) is 0 Å². The van der Waals surface area contributed by atoms with Gasteiger partial charge in [0, 0.05) is 44.7 Å². The van der Waals surface area contributed by atoms with Crippen LogP contribution in [-0.4, -0.2) is 68.7 Å². The van der Waals surface area contributed by atoms with Gasteiger partial charge >= 0.3 is 0 Å². The van der Waals surface area contributed by atoms with Gasteiger partial charge in [0.2, 0.25) is 16.0 Å². The second-order valence-corrected chi connectivity index (χ2v) is 9.42. The summed E-state index contributed by atoms with van der Waals surface area (Å²) in [5, 5.41) is 12.9. The van der Waals surface area contributed by atoms with E-state index in [1.807, 2.05) is 0 Å². The Morgan fingerprint density at radius 3 is 2.84 bits per heavy atom. The molecule has 0 spiro atoms. The molecule has 1 heterocycles. The summed E-state index contributed by atoms with van der Waals surface area (Å²) in [5.41, 5.74) is -2.18. The van der Waals surface area contributed by atoms with E-state index in [4.69, 9.17) is 9.47 Å². The van der Waals surface area contributed by atoms with Crippen molar-refractivity contribution in [3.05, 3.63) is 39.7 Å². The van der Waals surface area contributed by atoms with E-state index in [0.29, 0.717) is 6.61 Å².